The van der Waals surface area contributed by atoms with E-state index in [0.29, 0.717) is 19.5 Å². The fourth-order valence-electron chi connectivity index (χ4n) is 1.36. The number of rotatable bonds is 5. The molecule has 1 rings (SSSR count). The summed E-state index contributed by atoms with van der Waals surface area (Å²) in [6.07, 6.45) is 2.36. The van der Waals surface area contributed by atoms with E-state index in [1.165, 1.54) is 4.90 Å². The molecule has 2 amide bonds. The van der Waals surface area contributed by atoms with E-state index in [2.05, 4.69) is 11.9 Å². The van der Waals surface area contributed by atoms with E-state index >= 15 is 0 Å². The zero-order valence-corrected chi connectivity index (χ0v) is 8.03. The molecule has 0 spiro atoms. The molecule has 0 aromatic heterocycles. The summed E-state index contributed by atoms with van der Waals surface area (Å²) in [5, 5.41) is 2.88. The molecule has 5 heteroatoms. The molecule has 0 radical (unpaired) electrons. The Hall–Kier alpha value is -1.36. The number of hydrogen-bond donors (Lipinski definition) is 2. The first kappa shape index (κ1) is 10.7. The Morgan fingerprint density at radius 3 is 2.79 bits per heavy atom. The van der Waals surface area contributed by atoms with Crippen LogP contribution in [0.1, 0.15) is 6.42 Å². The van der Waals surface area contributed by atoms with Crippen LogP contribution in [0.2, 0.25) is 0 Å². The smallest absolute Gasteiger partial charge is 0.240 e. The van der Waals surface area contributed by atoms with E-state index < -0.39 is 11.9 Å². The van der Waals surface area contributed by atoms with Gasteiger partial charge in [0.2, 0.25) is 11.8 Å². The largest absolute Gasteiger partial charge is 0.368 e. The van der Waals surface area contributed by atoms with Gasteiger partial charge in [0.05, 0.1) is 6.54 Å². The average Bonchev–Trinajstić information content (AvgIpc) is 2.01. The molecule has 0 bridgehead atoms. The Morgan fingerprint density at radius 1 is 1.64 bits per heavy atom. The summed E-state index contributed by atoms with van der Waals surface area (Å²) in [6, 6.07) is -0.395. The SMILES string of the molecule is C=CCNCC(=O)N1CCC1C(N)=O. The molecule has 1 saturated heterocycles. The van der Waals surface area contributed by atoms with Crippen molar-refractivity contribution < 1.29 is 9.59 Å². The van der Waals surface area contributed by atoms with Gasteiger partial charge in [-0.05, 0) is 6.42 Å². The first-order valence-corrected chi connectivity index (χ1v) is 4.57. The van der Waals surface area contributed by atoms with E-state index in [-0.39, 0.29) is 12.5 Å². The van der Waals surface area contributed by atoms with Gasteiger partial charge in [-0.1, -0.05) is 6.08 Å². The van der Waals surface area contributed by atoms with E-state index in [0.717, 1.165) is 0 Å². The second-order valence-electron chi connectivity index (χ2n) is 3.21. The quantitative estimate of drug-likeness (QED) is 0.431. The number of primary amides is 1. The van der Waals surface area contributed by atoms with Crippen LogP contribution in [-0.2, 0) is 9.59 Å². The maximum Gasteiger partial charge on any atom is 0.240 e. The number of amides is 2. The number of likely N-dealkylation sites (tertiary alicyclic amines) is 1. The molecule has 0 aromatic carbocycles. The van der Waals surface area contributed by atoms with Gasteiger partial charge in [0.25, 0.3) is 0 Å². The minimum Gasteiger partial charge on any atom is -0.368 e. The van der Waals surface area contributed by atoms with E-state index in [1.54, 1.807) is 6.08 Å². The normalized spacial score (nSPS) is 20.0. The van der Waals surface area contributed by atoms with Crippen molar-refractivity contribution in [1.82, 2.24) is 10.2 Å². The summed E-state index contributed by atoms with van der Waals surface area (Å²) < 4.78 is 0. The van der Waals surface area contributed by atoms with Crippen LogP contribution < -0.4 is 11.1 Å². The zero-order valence-electron chi connectivity index (χ0n) is 8.03. The Labute approximate surface area is 82.9 Å². The molecule has 1 aliphatic heterocycles. The third-order valence-corrected chi connectivity index (χ3v) is 2.23. The monoisotopic (exact) mass is 197 g/mol. The van der Waals surface area contributed by atoms with Gasteiger partial charge >= 0.3 is 0 Å². The average molecular weight is 197 g/mol. The van der Waals surface area contributed by atoms with Crippen LogP contribution in [0.25, 0.3) is 0 Å². The van der Waals surface area contributed by atoms with Crippen molar-refractivity contribution in [3.63, 3.8) is 0 Å². The van der Waals surface area contributed by atoms with Gasteiger partial charge in [-0.25, -0.2) is 0 Å². The van der Waals surface area contributed by atoms with Gasteiger partial charge in [0.15, 0.2) is 0 Å². The maximum absolute atomic E-state index is 11.4. The summed E-state index contributed by atoms with van der Waals surface area (Å²) in [5.74, 6) is -0.504. The molecule has 1 fully saturated rings. The van der Waals surface area contributed by atoms with Crippen LogP contribution in [0.5, 0.6) is 0 Å². The summed E-state index contributed by atoms with van der Waals surface area (Å²) in [4.78, 5) is 23.8. The topological polar surface area (TPSA) is 75.4 Å². The number of hydrogen-bond acceptors (Lipinski definition) is 3. The molecule has 1 unspecified atom stereocenters. The third-order valence-electron chi connectivity index (χ3n) is 2.23. The number of nitrogens with zero attached hydrogens (tertiary/aromatic N) is 1. The van der Waals surface area contributed by atoms with Crippen molar-refractivity contribution in [2.45, 2.75) is 12.5 Å². The number of carbonyl (C=O) groups excluding carboxylic acids is 2. The fourth-order valence-corrected chi connectivity index (χ4v) is 1.36. The molecule has 0 saturated carbocycles. The summed E-state index contributed by atoms with van der Waals surface area (Å²) in [5.41, 5.74) is 5.11. The van der Waals surface area contributed by atoms with E-state index in [1.807, 2.05) is 0 Å². The molecular weight excluding hydrogens is 182 g/mol. The van der Waals surface area contributed by atoms with Crippen LogP contribution in [-0.4, -0.2) is 42.4 Å². The van der Waals surface area contributed by atoms with E-state index in [9.17, 15) is 9.59 Å². The molecule has 0 aliphatic carbocycles. The van der Waals surface area contributed by atoms with Crippen molar-refractivity contribution in [2.75, 3.05) is 19.6 Å². The lowest BCUT2D eigenvalue weighted by Crippen LogP contribution is -2.58. The standard InChI is InChI=1S/C9H15N3O2/c1-2-4-11-6-8(13)12-5-3-7(12)9(10)14/h2,7,11H,1,3-6H2,(H2,10,14). The van der Waals surface area contributed by atoms with Crippen molar-refractivity contribution in [3.05, 3.63) is 12.7 Å². The van der Waals surface area contributed by atoms with Gasteiger partial charge < -0.3 is 16.0 Å². The Bertz CT molecular complexity index is 252. The molecule has 3 N–H and O–H groups in total. The molecular formula is C9H15N3O2. The zero-order chi connectivity index (χ0) is 10.6. The summed E-state index contributed by atoms with van der Waals surface area (Å²) >= 11 is 0. The maximum atomic E-state index is 11.4. The van der Waals surface area contributed by atoms with E-state index in [4.69, 9.17) is 5.73 Å². The lowest BCUT2D eigenvalue weighted by molar-refractivity contribution is -0.145. The molecule has 1 heterocycles. The first-order valence-electron chi connectivity index (χ1n) is 4.57. The second-order valence-corrected chi connectivity index (χ2v) is 3.21. The summed E-state index contributed by atoms with van der Waals surface area (Å²) in [7, 11) is 0. The molecule has 5 nitrogen and oxygen atoms in total. The van der Waals surface area contributed by atoms with Gasteiger partial charge in [-0.2, -0.15) is 0 Å². The van der Waals surface area contributed by atoms with Crippen LogP contribution in [0, 0.1) is 0 Å². The van der Waals surface area contributed by atoms with Gasteiger partial charge in [0.1, 0.15) is 6.04 Å². The Morgan fingerprint density at radius 2 is 2.36 bits per heavy atom. The number of carbonyl (C=O) groups is 2. The van der Waals surface area contributed by atoms with Crippen LogP contribution >= 0.6 is 0 Å². The third kappa shape index (κ3) is 2.32. The van der Waals surface area contributed by atoms with Crippen molar-refractivity contribution >= 4 is 11.8 Å². The fraction of sp³-hybridized carbons (Fsp3) is 0.556. The second kappa shape index (κ2) is 4.76. The van der Waals surface area contributed by atoms with Gasteiger partial charge in [-0.3, -0.25) is 9.59 Å². The first-order chi connectivity index (χ1) is 6.66. The highest BCUT2D eigenvalue weighted by Crippen LogP contribution is 2.16. The Kier molecular flexibility index (Phi) is 3.64. The van der Waals surface area contributed by atoms with Crippen LogP contribution in [0.4, 0.5) is 0 Å². The van der Waals surface area contributed by atoms with Crippen LogP contribution in [0.15, 0.2) is 12.7 Å². The van der Waals surface area contributed by atoms with Crippen molar-refractivity contribution in [1.29, 1.82) is 0 Å². The van der Waals surface area contributed by atoms with Gasteiger partial charge in [-0.15, -0.1) is 6.58 Å². The molecule has 1 atom stereocenters. The van der Waals surface area contributed by atoms with Crippen LogP contribution in [0.3, 0.4) is 0 Å². The highest BCUT2D eigenvalue weighted by molar-refractivity contribution is 5.89. The van der Waals surface area contributed by atoms with Crippen molar-refractivity contribution in [2.24, 2.45) is 5.73 Å². The molecule has 78 valence electrons. The lowest BCUT2D eigenvalue weighted by atomic mass is 10.0. The molecule has 0 aromatic rings. The predicted molar refractivity (Wildman–Crippen MR) is 52.4 cm³/mol. The van der Waals surface area contributed by atoms with Crippen molar-refractivity contribution in [3.8, 4) is 0 Å². The number of nitrogens with one attached hydrogen (secondary N) is 1. The lowest BCUT2D eigenvalue weighted by Gasteiger charge is -2.38. The number of nitrogens with two attached hydrogens (primary N) is 1. The molecule has 14 heavy (non-hydrogen) atoms. The summed E-state index contributed by atoms with van der Waals surface area (Å²) in [6.45, 7) is 4.96. The predicted octanol–water partition coefficient (Wildman–Crippen LogP) is -1.15. The molecule has 1 aliphatic rings. The van der Waals surface area contributed by atoms with Gasteiger partial charge in [0, 0.05) is 13.1 Å². The highest BCUT2D eigenvalue weighted by Gasteiger charge is 2.35. The highest BCUT2D eigenvalue weighted by atomic mass is 16.2. The Balaban J connectivity index is 2.30. The minimum atomic E-state index is -0.423. The minimum absolute atomic E-state index is 0.0816.